The third-order valence-corrected chi connectivity index (χ3v) is 4.65. The van der Waals surface area contributed by atoms with Gasteiger partial charge in [-0.15, -0.1) is 0 Å². The molecule has 0 fully saturated rings. The molecule has 0 spiro atoms. The first-order chi connectivity index (χ1) is 15.2. The van der Waals surface area contributed by atoms with Crippen molar-refractivity contribution in [3.05, 3.63) is 92.6 Å². The largest absolute Gasteiger partial charge is 0.444 e. The summed E-state index contributed by atoms with van der Waals surface area (Å²) in [5.74, 6) is -30.5. The maximum atomic E-state index is 13.3. The van der Waals surface area contributed by atoms with Gasteiger partial charge in [-0.3, -0.25) is 0 Å². The van der Waals surface area contributed by atoms with Crippen molar-refractivity contribution < 1.29 is 48.6 Å². The molecule has 0 aliphatic carbocycles. The first kappa shape index (κ1) is 26.0. The SMILES string of the molecule is Cc1cc(C)c(C)cc1C.Fc1c(F)c(F)c(Oc2c(F)c(F)c(F)c(F)c2F)c(F)c1F. The lowest BCUT2D eigenvalue weighted by Crippen LogP contribution is -2.08. The average molecular weight is 484 g/mol. The van der Waals surface area contributed by atoms with Gasteiger partial charge < -0.3 is 4.74 Å². The van der Waals surface area contributed by atoms with Crippen LogP contribution in [-0.4, -0.2) is 0 Å². The molecule has 0 atom stereocenters. The monoisotopic (exact) mass is 484 g/mol. The summed E-state index contributed by atoms with van der Waals surface area (Å²) in [5.41, 5.74) is 5.57. The van der Waals surface area contributed by atoms with Crippen molar-refractivity contribution in [1.29, 1.82) is 0 Å². The van der Waals surface area contributed by atoms with Crippen LogP contribution in [0.1, 0.15) is 22.3 Å². The van der Waals surface area contributed by atoms with E-state index in [2.05, 4.69) is 44.6 Å². The minimum absolute atomic E-state index is 1.39. The number of rotatable bonds is 2. The lowest BCUT2D eigenvalue weighted by Gasteiger charge is -2.12. The highest BCUT2D eigenvalue weighted by Gasteiger charge is 2.32. The number of hydrogen-bond acceptors (Lipinski definition) is 1. The lowest BCUT2D eigenvalue weighted by molar-refractivity contribution is 0.298. The van der Waals surface area contributed by atoms with Gasteiger partial charge in [0.05, 0.1) is 0 Å². The van der Waals surface area contributed by atoms with Gasteiger partial charge in [0.1, 0.15) is 0 Å². The van der Waals surface area contributed by atoms with Crippen LogP contribution in [0.5, 0.6) is 11.5 Å². The van der Waals surface area contributed by atoms with E-state index >= 15 is 0 Å². The highest BCUT2D eigenvalue weighted by atomic mass is 19.2. The fraction of sp³-hybridized carbons (Fsp3) is 0.182. The quantitative estimate of drug-likeness (QED) is 0.205. The Hall–Kier alpha value is -3.24. The molecule has 0 aliphatic rings. The number of hydrogen-bond donors (Lipinski definition) is 0. The Bertz CT molecular complexity index is 1060. The van der Waals surface area contributed by atoms with Crippen LogP contribution in [0.25, 0.3) is 0 Å². The van der Waals surface area contributed by atoms with E-state index in [-0.39, 0.29) is 0 Å². The van der Waals surface area contributed by atoms with Gasteiger partial charge in [-0.25, -0.2) is 26.3 Å². The van der Waals surface area contributed by atoms with E-state index in [0.717, 1.165) is 0 Å². The van der Waals surface area contributed by atoms with E-state index in [1.807, 2.05) is 0 Å². The molecule has 0 N–H and O–H groups in total. The fourth-order valence-electron chi connectivity index (χ4n) is 2.56. The Balaban J connectivity index is 0.000000321. The van der Waals surface area contributed by atoms with Crippen molar-refractivity contribution in [2.45, 2.75) is 27.7 Å². The molecule has 3 rings (SSSR count). The van der Waals surface area contributed by atoms with Crippen LogP contribution in [-0.2, 0) is 0 Å². The van der Waals surface area contributed by atoms with Gasteiger partial charge in [0.15, 0.2) is 0 Å². The molecule has 0 amide bonds. The molecule has 0 radical (unpaired) electrons. The summed E-state index contributed by atoms with van der Waals surface area (Å²) in [6.45, 7) is 8.62. The van der Waals surface area contributed by atoms with Crippen LogP contribution in [0.3, 0.4) is 0 Å². The van der Waals surface area contributed by atoms with Crippen LogP contribution in [0.15, 0.2) is 12.1 Å². The number of halogens is 10. The van der Waals surface area contributed by atoms with Crippen molar-refractivity contribution in [3.63, 3.8) is 0 Å². The molecule has 0 saturated carbocycles. The van der Waals surface area contributed by atoms with Crippen LogP contribution >= 0.6 is 0 Å². The van der Waals surface area contributed by atoms with Gasteiger partial charge in [-0.1, -0.05) is 12.1 Å². The molecule has 0 heterocycles. The molecule has 0 bridgehead atoms. The summed E-state index contributed by atoms with van der Waals surface area (Å²) in [4.78, 5) is 0. The summed E-state index contributed by atoms with van der Waals surface area (Å²) in [5, 5.41) is 0. The number of benzene rings is 3. The van der Waals surface area contributed by atoms with Crippen LogP contribution < -0.4 is 4.74 Å². The van der Waals surface area contributed by atoms with E-state index in [9.17, 15) is 43.9 Å². The second kappa shape index (κ2) is 9.72. The lowest BCUT2D eigenvalue weighted by atomic mass is 10.0. The van der Waals surface area contributed by atoms with E-state index in [1.165, 1.54) is 22.3 Å². The average Bonchev–Trinajstić information content (AvgIpc) is 2.77. The van der Waals surface area contributed by atoms with Crippen LogP contribution in [0, 0.1) is 85.9 Å². The maximum absolute atomic E-state index is 13.3. The van der Waals surface area contributed by atoms with E-state index in [4.69, 9.17) is 0 Å². The second-order valence-electron chi connectivity index (χ2n) is 6.92. The zero-order chi connectivity index (χ0) is 25.4. The minimum Gasteiger partial charge on any atom is -0.444 e. The normalized spacial score (nSPS) is 10.7. The van der Waals surface area contributed by atoms with E-state index < -0.39 is 69.7 Å². The van der Waals surface area contributed by atoms with Gasteiger partial charge in [0.25, 0.3) is 0 Å². The van der Waals surface area contributed by atoms with Gasteiger partial charge in [-0.05, 0) is 49.9 Å². The molecule has 33 heavy (non-hydrogen) atoms. The van der Waals surface area contributed by atoms with Crippen molar-refractivity contribution in [2.24, 2.45) is 0 Å². The summed E-state index contributed by atoms with van der Waals surface area (Å²) < 4.78 is 134. The smallest absolute Gasteiger partial charge is 0.207 e. The fourth-order valence-corrected chi connectivity index (χ4v) is 2.56. The minimum atomic E-state index is -2.62. The van der Waals surface area contributed by atoms with Gasteiger partial charge in [0, 0.05) is 0 Å². The molecular weight excluding hydrogens is 470 g/mol. The molecule has 3 aromatic rings. The van der Waals surface area contributed by atoms with Gasteiger partial charge in [-0.2, -0.15) is 17.6 Å². The third kappa shape index (κ3) is 4.91. The second-order valence-corrected chi connectivity index (χ2v) is 6.92. The molecule has 178 valence electrons. The van der Waals surface area contributed by atoms with Crippen molar-refractivity contribution in [1.82, 2.24) is 0 Å². The summed E-state index contributed by atoms with van der Waals surface area (Å²) in [7, 11) is 0. The van der Waals surface area contributed by atoms with Crippen molar-refractivity contribution in [2.75, 3.05) is 0 Å². The van der Waals surface area contributed by atoms with Crippen LogP contribution in [0.2, 0.25) is 0 Å². The Labute approximate surface area is 181 Å². The zero-order valence-corrected chi connectivity index (χ0v) is 17.3. The predicted octanol–water partition coefficient (Wildman–Crippen LogP) is 7.79. The molecule has 3 aromatic carbocycles. The van der Waals surface area contributed by atoms with Gasteiger partial charge >= 0.3 is 0 Å². The van der Waals surface area contributed by atoms with Crippen LogP contribution in [0.4, 0.5) is 43.9 Å². The molecule has 1 nitrogen and oxygen atoms in total. The molecule has 11 heteroatoms. The number of ether oxygens (including phenoxy) is 1. The molecule has 0 aromatic heterocycles. The third-order valence-electron chi connectivity index (χ3n) is 4.65. The highest BCUT2D eigenvalue weighted by Crippen LogP contribution is 2.37. The predicted molar refractivity (Wildman–Crippen MR) is 97.9 cm³/mol. The molecule has 0 saturated heterocycles. The molecule has 0 unspecified atom stereocenters. The molecular formula is C22H14F10O. The summed E-state index contributed by atoms with van der Waals surface area (Å²) >= 11 is 0. The van der Waals surface area contributed by atoms with E-state index in [1.54, 1.807) is 0 Å². The maximum Gasteiger partial charge on any atom is 0.207 e. The Kier molecular flexibility index (Phi) is 7.66. The molecule has 0 aliphatic heterocycles. The Morgan fingerprint density at radius 1 is 0.364 bits per heavy atom. The first-order valence-corrected chi connectivity index (χ1v) is 8.95. The highest BCUT2D eigenvalue weighted by molar-refractivity contribution is 5.38. The Morgan fingerprint density at radius 3 is 0.758 bits per heavy atom. The Morgan fingerprint density at radius 2 is 0.545 bits per heavy atom. The standard InChI is InChI=1S/C12F10O.C10H14/c13-1-3(15)7(19)11(8(20)4(1)16)23-12-9(21)5(17)2(14)6(18)10(12)22;1-7-5-9(3)10(4)6-8(7)2/h;5-6H,1-4H3. The van der Waals surface area contributed by atoms with Crippen molar-refractivity contribution in [3.8, 4) is 11.5 Å². The van der Waals surface area contributed by atoms with Crippen molar-refractivity contribution >= 4 is 0 Å². The summed E-state index contributed by atoms with van der Waals surface area (Å²) in [6, 6.07) is 4.48. The topological polar surface area (TPSA) is 9.23 Å². The zero-order valence-electron chi connectivity index (χ0n) is 17.3. The van der Waals surface area contributed by atoms with E-state index in [0.29, 0.717) is 0 Å². The van der Waals surface area contributed by atoms with Gasteiger partial charge in [0.2, 0.25) is 69.7 Å². The number of aryl methyl sites for hydroxylation is 4. The first-order valence-electron chi connectivity index (χ1n) is 8.95. The summed E-state index contributed by atoms with van der Waals surface area (Å²) in [6.07, 6.45) is 0.